The van der Waals surface area contributed by atoms with Crippen molar-refractivity contribution in [3.8, 4) is 0 Å². The summed E-state index contributed by atoms with van der Waals surface area (Å²) in [6.45, 7) is 14.6. The molecule has 1 saturated heterocycles. The molecule has 1 aromatic rings. The number of carbonyl (C=O) groups excluding carboxylic acids is 2. The number of nitrogens with zero attached hydrogens (tertiary/aromatic N) is 2. The third-order valence-electron chi connectivity index (χ3n) is 5.54. The third kappa shape index (κ3) is 4.99. The Morgan fingerprint density at radius 1 is 1.17 bits per heavy atom. The number of piperazine rings is 1. The van der Waals surface area contributed by atoms with Crippen molar-refractivity contribution < 1.29 is 14.3 Å². The standard InChI is InChI=1S/C21H34N4O3S/c1-7-28-19(27)16-14-12-20(2,3)23-21(4,5)17(14)29-18(16)22-15(26)13-25-10-8-24(6)9-11-25/h23H,7-13H2,1-6H3,(H,22,26). The van der Waals surface area contributed by atoms with Crippen LogP contribution in [0.5, 0.6) is 0 Å². The molecule has 0 unspecified atom stereocenters. The van der Waals surface area contributed by atoms with Crippen LogP contribution in [0.2, 0.25) is 0 Å². The van der Waals surface area contributed by atoms with Crippen LogP contribution in [0.1, 0.15) is 55.4 Å². The summed E-state index contributed by atoms with van der Waals surface area (Å²) >= 11 is 1.49. The van der Waals surface area contributed by atoms with Crippen molar-refractivity contribution in [3.63, 3.8) is 0 Å². The molecule has 2 aliphatic rings. The van der Waals surface area contributed by atoms with Gasteiger partial charge in [-0.05, 0) is 53.7 Å². The summed E-state index contributed by atoms with van der Waals surface area (Å²) in [4.78, 5) is 31.1. The van der Waals surface area contributed by atoms with E-state index < -0.39 is 0 Å². The van der Waals surface area contributed by atoms with Crippen molar-refractivity contribution >= 4 is 28.2 Å². The van der Waals surface area contributed by atoms with Crippen molar-refractivity contribution in [2.24, 2.45) is 0 Å². The van der Waals surface area contributed by atoms with E-state index >= 15 is 0 Å². The summed E-state index contributed by atoms with van der Waals surface area (Å²) in [5.41, 5.74) is 1.09. The number of amides is 1. The van der Waals surface area contributed by atoms with Crippen LogP contribution in [0.3, 0.4) is 0 Å². The van der Waals surface area contributed by atoms with Gasteiger partial charge in [-0.25, -0.2) is 4.79 Å². The normalized spacial score (nSPS) is 21.4. The molecule has 2 N–H and O–H groups in total. The molecular formula is C21H34N4O3S. The highest BCUT2D eigenvalue weighted by Gasteiger charge is 2.42. The van der Waals surface area contributed by atoms with Gasteiger partial charge in [0, 0.05) is 42.1 Å². The van der Waals surface area contributed by atoms with E-state index in [2.05, 4.69) is 55.2 Å². The number of ether oxygens (including phenoxy) is 1. The van der Waals surface area contributed by atoms with Crippen LogP contribution in [-0.2, 0) is 21.5 Å². The van der Waals surface area contributed by atoms with Gasteiger partial charge in [-0.2, -0.15) is 0 Å². The number of hydrogen-bond donors (Lipinski definition) is 2. The first-order chi connectivity index (χ1) is 13.5. The Balaban J connectivity index is 1.87. The van der Waals surface area contributed by atoms with E-state index in [0.29, 0.717) is 30.1 Å². The molecule has 8 heteroatoms. The fourth-order valence-electron chi connectivity index (χ4n) is 4.41. The molecule has 162 valence electrons. The molecule has 0 saturated carbocycles. The van der Waals surface area contributed by atoms with Crippen molar-refractivity contribution in [2.45, 2.75) is 52.1 Å². The molecule has 7 nitrogen and oxygen atoms in total. The molecule has 3 heterocycles. The van der Waals surface area contributed by atoms with Gasteiger partial charge in [-0.1, -0.05) is 0 Å². The first-order valence-corrected chi connectivity index (χ1v) is 11.2. The summed E-state index contributed by atoms with van der Waals surface area (Å²) in [6, 6.07) is 0. The first kappa shape index (κ1) is 22.2. The fourth-order valence-corrected chi connectivity index (χ4v) is 5.69. The Morgan fingerprint density at radius 2 is 1.83 bits per heavy atom. The summed E-state index contributed by atoms with van der Waals surface area (Å²) in [7, 11) is 2.09. The van der Waals surface area contributed by atoms with Crippen molar-refractivity contribution in [1.82, 2.24) is 15.1 Å². The van der Waals surface area contributed by atoms with Crippen molar-refractivity contribution in [1.29, 1.82) is 0 Å². The molecule has 0 aliphatic carbocycles. The first-order valence-electron chi connectivity index (χ1n) is 10.4. The van der Waals surface area contributed by atoms with Gasteiger partial charge < -0.3 is 20.3 Å². The van der Waals surface area contributed by atoms with Crippen LogP contribution in [0, 0.1) is 0 Å². The molecule has 2 aliphatic heterocycles. The Kier molecular flexibility index (Phi) is 6.38. The molecule has 0 bridgehead atoms. The average Bonchev–Trinajstić information content (AvgIpc) is 2.94. The second-order valence-corrected chi connectivity index (χ2v) is 10.3. The quantitative estimate of drug-likeness (QED) is 0.709. The maximum absolute atomic E-state index is 12.8. The van der Waals surface area contributed by atoms with E-state index in [1.165, 1.54) is 11.3 Å². The third-order valence-corrected chi connectivity index (χ3v) is 7.01. The second-order valence-electron chi connectivity index (χ2n) is 9.27. The molecule has 1 amide bonds. The fraction of sp³-hybridized carbons (Fsp3) is 0.714. The Labute approximate surface area is 177 Å². The minimum atomic E-state index is -0.353. The number of rotatable bonds is 5. The van der Waals surface area contributed by atoms with Gasteiger partial charge in [0.25, 0.3) is 0 Å². The summed E-state index contributed by atoms with van der Waals surface area (Å²) < 4.78 is 5.35. The Morgan fingerprint density at radius 3 is 2.45 bits per heavy atom. The highest BCUT2D eigenvalue weighted by Crippen LogP contribution is 2.45. The van der Waals surface area contributed by atoms with E-state index in [1.54, 1.807) is 6.92 Å². The van der Waals surface area contributed by atoms with Crippen LogP contribution in [0.25, 0.3) is 0 Å². The maximum Gasteiger partial charge on any atom is 0.341 e. The summed E-state index contributed by atoms with van der Waals surface area (Å²) in [5, 5.41) is 7.29. The van der Waals surface area contributed by atoms with Gasteiger partial charge in [-0.15, -0.1) is 11.3 Å². The largest absolute Gasteiger partial charge is 0.462 e. The molecule has 0 radical (unpaired) electrons. The minimum Gasteiger partial charge on any atom is -0.462 e. The maximum atomic E-state index is 12.8. The van der Waals surface area contributed by atoms with Gasteiger partial charge in [0.15, 0.2) is 0 Å². The number of fused-ring (bicyclic) bond motifs is 1. The Bertz CT molecular complexity index is 779. The Hall–Kier alpha value is -1.48. The number of anilines is 1. The molecule has 3 rings (SSSR count). The average molecular weight is 423 g/mol. The van der Waals surface area contributed by atoms with E-state index in [9.17, 15) is 9.59 Å². The van der Waals surface area contributed by atoms with E-state index in [1.807, 2.05) is 0 Å². The molecule has 0 atom stereocenters. The SMILES string of the molecule is CCOC(=O)c1c(NC(=O)CN2CCN(C)CC2)sc2c1CC(C)(C)NC2(C)C. The number of esters is 1. The van der Waals surface area contributed by atoms with Gasteiger partial charge in [-0.3, -0.25) is 9.69 Å². The lowest BCUT2D eigenvalue weighted by Gasteiger charge is -2.42. The zero-order valence-corrected chi connectivity index (χ0v) is 19.3. The topological polar surface area (TPSA) is 73.9 Å². The monoisotopic (exact) mass is 422 g/mol. The van der Waals surface area contributed by atoms with Crippen molar-refractivity contribution in [3.05, 3.63) is 16.0 Å². The van der Waals surface area contributed by atoms with Crippen LogP contribution in [0.15, 0.2) is 0 Å². The lowest BCUT2D eigenvalue weighted by molar-refractivity contribution is -0.117. The number of hydrogen-bond acceptors (Lipinski definition) is 7. The van der Waals surface area contributed by atoms with Crippen LogP contribution >= 0.6 is 11.3 Å². The number of nitrogens with one attached hydrogen (secondary N) is 2. The van der Waals surface area contributed by atoms with Crippen molar-refractivity contribution in [2.75, 3.05) is 51.7 Å². The summed E-state index contributed by atoms with van der Waals surface area (Å²) in [6.07, 6.45) is 0.713. The van der Waals surface area contributed by atoms with Crippen LogP contribution in [0.4, 0.5) is 5.00 Å². The molecule has 29 heavy (non-hydrogen) atoms. The lowest BCUT2D eigenvalue weighted by Crippen LogP contribution is -2.55. The number of likely N-dealkylation sites (N-methyl/N-ethyl adjacent to an activating group) is 1. The highest BCUT2D eigenvalue weighted by molar-refractivity contribution is 7.17. The zero-order valence-electron chi connectivity index (χ0n) is 18.5. The number of thiophene rings is 1. The van der Waals surface area contributed by atoms with Gasteiger partial charge in [0.2, 0.25) is 5.91 Å². The predicted octanol–water partition coefficient (Wildman–Crippen LogP) is 2.27. The van der Waals surface area contributed by atoms with Crippen LogP contribution in [-0.4, -0.2) is 73.6 Å². The molecular weight excluding hydrogens is 388 g/mol. The predicted molar refractivity (Wildman–Crippen MR) is 117 cm³/mol. The zero-order chi connectivity index (χ0) is 21.4. The minimum absolute atomic E-state index is 0.0799. The van der Waals surface area contributed by atoms with Crippen LogP contribution < -0.4 is 10.6 Å². The number of carbonyl (C=O) groups is 2. The molecule has 1 fully saturated rings. The molecule has 1 aromatic heterocycles. The lowest BCUT2D eigenvalue weighted by atomic mass is 9.81. The molecule has 0 aromatic carbocycles. The van der Waals surface area contributed by atoms with E-state index in [4.69, 9.17) is 4.74 Å². The van der Waals surface area contributed by atoms with Gasteiger partial charge >= 0.3 is 5.97 Å². The van der Waals surface area contributed by atoms with E-state index in [0.717, 1.165) is 36.6 Å². The van der Waals surface area contributed by atoms with Gasteiger partial charge in [0.1, 0.15) is 5.00 Å². The second kappa shape index (κ2) is 8.34. The highest BCUT2D eigenvalue weighted by atomic mass is 32.1. The van der Waals surface area contributed by atoms with Gasteiger partial charge in [0.05, 0.1) is 18.7 Å². The summed E-state index contributed by atoms with van der Waals surface area (Å²) in [5.74, 6) is -0.433. The molecule has 0 spiro atoms. The smallest absolute Gasteiger partial charge is 0.341 e. The van der Waals surface area contributed by atoms with E-state index in [-0.39, 0.29) is 23.0 Å².